The van der Waals surface area contributed by atoms with Crippen LogP contribution in [0.25, 0.3) is 0 Å². The summed E-state index contributed by atoms with van der Waals surface area (Å²) in [6.07, 6.45) is 0.885. The van der Waals surface area contributed by atoms with Gasteiger partial charge in [-0.2, -0.15) is 0 Å². The number of hydrogen-bond donors (Lipinski definition) is 1. The Balaban J connectivity index is 3.94. The average Bonchev–Trinajstić information content (AvgIpc) is 1.83. The summed E-state index contributed by atoms with van der Waals surface area (Å²) in [7, 11) is 0. The molecule has 1 heteroatoms. The monoisotopic (exact) mass is 144 g/mol. The lowest BCUT2D eigenvalue weighted by atomic mass is 9.81. The van der Waals surface area contributed by atoms with Crippen LogP contribution in [0.15, 0.2) is 0 Å². The highest BCUT2D eigenvalue weighted by molar-refractivity contribution is 4.76. The van der Waals surface area contributed by atoms with Gasteiger partial charge in [0.2, 0.25) is 0 Å². The standard InChI is InChI=1S/C9H20O/c1-6-7(2)8(10)9(3,4)5/h7-8,10H,6H2,1-5H3/t7-,8+/m1/s1. The maximum atomic E-state index is 9.65. The molecule has 2 atom stereocenters. The van der Waals surface area contributed by atoms with Gasteiger partial charge >= 0.3 is 0 Å². The molecule has 0 aliphatic rings. The van der Waals surface area contributed by atoms with Gasteiger partial charge in [0.25, 0.3) is 0 Å². The molecule has 0 bridgehead atoms. The Hall–Kier alpha value is -0.0400. The molecule has 0 aromatic carbocycles. The van der Waals surface area contributed by atoms with Crippen LogP contribution in [-0.2, 0) is 0 Å². The van der Waals surface area contributed by atoms with Crippen molar-refractivity contribution in [2.24, 2.45) is 11.3 Å². The van der Waals surface area contributed by atoms with Crippen LogP contribution < -0.4 is 0 Å². The van der Waals surface area contributed by atoms with Crippen LogP contribution in [0.3, 0.4) is 0 Å². The first-order valence-corrected chi connectivity index (χ1v) is 4.07. The van der Waals surface area contributed by atoms with Crippen LogP contribution in [0, 0.1) is 11.3 Å². The summed E-state index contributed by atoms with van der Waals surface area (Å²) in [4.78, 5) is 0. The first kappa shape index (κ1) is 9.96. The molecule has 0 fully saturated rings. The molecule has 1 nitrogen and oxygen atoms in total. The lowest BCUT2D eigenvalue weighted by molar-refractivity contribution is 0.0169. The maximum Gasteiger partial charge on any atom is 0.0613 e. The van der Waals surface area contributed by atoms with Crippen molar-refractivity contribution in [3.63, 3.8) is 0 Å². The molecule has 10 heavy (non-hydrogen) atoms. The minimum absolute atomic E-state index is 0.0371. The van der Waals surface area contributed by atoms with Gasteiger partial charge in [0.15, 0.2) is 0 Å². The molecular weight excluding hydrogens is 124 g/mol. The smallest absolute Gasteiger partial charge is 0.0613 e. The molecule has 0 unspecified atom stereocenters. The second kappa shape index (κ2) is 3.38. The third-order valence-corrected chi connectivity index (χ3v) is 2.07. The molecule has 0 aromatic rings. The maximum absolute atomic E-state index is 9.65. The molecule has 0 heterocycles. The van der Waals surface area contributed by atoms with Gasteiger partial charge < -0.3 is 5.11 Å². The molecular formula is C9H20O. The molecule has 0 aliphatic heterocycles. The zero-order chi connectivity index (χ0) is 8.36. The van der Waals surface area contributed by atoms with E-state index in [1.807, 2.05) is 0 Å². The van der Waals surface area contributed by atoms with Crippen molar-refractivity contribution >= 4 is 0 Å². The van der Waals surface area contributed by atoms with Crippen LogP contribution in [0.4, 0.5) is 0 Å². The molecule has 62 valence electrons. The van der Waals surface area contributed by atoms with Crippen molar-refractivity contribution in [3.8, 4) is 0 Å². The van der Waals surface area contributed by atoms with Crippen LogP contribution in [0.1, 0.15) is 41.0 Å². The molecule has 0 aliphatic carbocycles. The van der Waals surface area contributed by atoms with Gasteiger partial charge in [-0.15, -0.1) is 0 Å². The van der Waals surface area contributed by atoms with E-state index in [2.05, 4.69) is 34.6 Å². The molecule has 0 radical (unpaired) electrons. The summed E-state index contributed by atoms with van der Waals surface area (Å²) in [5.74, 6) is 0.417. The summed E-state index contributed by atoms with van der Waals surface area (Å²) in [6.45, 7) is 10.4. The van der Waals surface area contributed by atoms with Gasteiger partial charge in [0, 0.05) is 0 Å². The molecule has 0 saturated carbocycles. The number of aliphatic hydroxyl groups is 1. The zero-order valence-electron chi connectivity index (χ0n) is 7.81. The average molecular weight is 144 g/mol. The van der Waals surface area contributed by atoms with Crippen molar-refractivity contribution in [2.75, 3.05) is 0 Å². The third kappa shape index (κ3) is 2.70. The van der Waals surface area contributed by atoms with E-state index < -0.39 is 0 Å². The van der Waals surface area contributed by atoms with Gasteiger partial charge in [-0.3, -0.25) is 0 Å². The molecule has 0 rings (SSSR count). The van der Waals surface area contributed by atoms with E-state index in [0.717, 1.165) is 6.42 Å². The van der Waals surface area contributed by atoms with Crippen molar-refractivity contribution in [2.45, 2.75) is 47.1 Å². The van der Waals surface area contributed by atoms with Crippen LogP contribution in [-0.4, -0.2) is 11.2 Å². The zero-order valence-corrected chi connectivity index (χ0v) is 7.81. The van der Waals surface area contributed by atoms with Gasteiger partial charge in [-0.25, -0.2) is 0 Å². The summed E-state index contributed by atoms with van der Waals surface area (Å²) < 4.78 is 0. The Morgan fingerprint density at radius 2 is 1.70 bits per heavy atom. The van der Waals surface area contributed by atoms with E-state index in [1.165, 1.54) is 0 Å². The quantitative estimate of drug-likeness (QED) is 0.631. The van der Waals surface area contributed by atoms with Crippen molar-refractivity contribution in [3.05, 3.63) is 0 Å². The van der Waals surface area contributed by atoms with Gasteiger partial charge in [-0.1, -0.05) is 41.0 Å². The van der Waals surface area contributed by atoms with E-state index in [1.54, 1.807) is 0 Å². The Morgan fingerprint density at radius 1 is 1.30 bits per heavy atom. The minimum atomic E-state index is -0.169. The highest BCUT2D eigenvalue weighted by Gasteiger charge is 2.25. The Kier molecular flexibility index (Phi) is 3.37. The summed E-state index contributed by atoms with van der Waals surface area (Å²) in [5.41, 5.74) is 0.0371. The van der Waals surface area contributed by atoms with E-state index in [0.29, 0.717) is 5.92 Å². The lowest BCUT2D eigenvalue weighted by Gasteiger charge is -2.30. The van der Waals surface area contributed by atoms with Crippen LogP contribution >= 0.6 is 0 Å². The largest absolute Gasteiger partial charge is 0.392 e. The summed E-state index contributed by atoms with van der Waals surface area (Å²) >= 11 is 0. The second-order valence-corrected chi connectivity index (χ2v) is 4.20. The SMILES string of the molecule is CC[C@@H](C)[C@H](O)C(C)(C)C. The highest BCUT2D eigenvalue weighted by atomic mass is 16.3. The normalized spacial score (nSPS) is 18.6. The fraction of sp³-hybridized carbons (Fsp3) is 1.00. The van der Waals surface area contributed by atoms with Gasteiger partial charge in [-0.05, 0) is 11.3 Å². The topological polar surface area (TPSA) is 20.2 Å². The van der Waals surface area contributed by atoms with Gasteiger partial charge in [0.05, 0.1) is 6.10 Å². The summed E-state index contributed by atoms with van der Waals surface area (Å²) in [5, 5.41) is 9.65. The van der Waals surface area contributed by atoms with E-state index >= 15 is 0 Å². The Bertz CT molecular complexity index is 91.4. The highest BCUT2D eigenvalue weighted by Crippen LogP contribution is 2.26. The first-order valence-electron chi connectivity index (χ1n) is 4.07. The molecule has 0 saturated heterocycles. The van der Waals surface area contributed by atoms with Crippen molar-refractivity contribution < 1.29 is 5.11 Å². The molecule has 1 N–H and O–H groups in total. The number of rotatable bonds is 2. The van der Waals surface area contributed by atoms with Crippen LogP contribution in [0.5, 0.6) is 0 Å². The van der Waals surface area contributed by atoms with Crippen molar-refractivity contribution in [1.82, 2.24) is 0 Å². The third-order valence-electron chi connectivity index (χ3n) is 2.07. The fourth-order valence-corrected chi connectivity index (χ4v) is 1.08. The Morgan fingerprint density at radius 3 is 1.80 bits per heavy atom. The minimum Gasteiger partial charge on any atom is -0.392 e. The molecule has 0 amide bonds. The lowest BCUT2D eigenvalue weighted by Crippen LogP contribution is -2.31. The Labute approximate surface area is 64.5 Å². The van der Waals surface area contributed by atoms with Gasteiger partial charge in [0.1, 0.15) is 0 Å². The number of aliphatic hydroxyl groups excluding tert-OH is 1. The summed E-state index contributed by atoms with van der Waals surface area (Å²) in [6, 6.07) is 0. The van der Waals surface area contributed by atoms with Crippen LogP contribution in [0.2, 0.25) is 0 Å². The predicted octanol–water partition coefficient (Wildman–Crippen LogP) is 2.44. The molecule has 0 spiro atoms. The van der Waals surface area contributed by atoms with E-state index in [-0.39, 0.29) is 11.5 Å². The predicted molar refractivity (Wildman–Crippen MR) is 44.9 cm³/mol. The van der Waals surface area contributed by atoms with E-state index in [9.17, 15) is 5.11 Å². The number of hydrogen-bond acceptors (Lipinski definition) is 1. The first-order chi connectivity index (χ1) is 4.39. The fourth-order valence-electron chi connectivity index (χ4n) is 1.08. The second-order valence-electron chi connectivity index (χ2n) is 4.20. The van der Waals surface area contributed by atoms with Crippen molar-refractivity contribution in [1.29, 1.82) is 0 Å². The molecule has 0 aromatic heterocycles. The van der Waals surface area contributed by atoms with E-state index in [4.69, 9.17) is 0 Å².